The Hall–Kier alpha value is -1.63. The molecule has 0 spiro atoms. The van der Waals surface area contributed by atoms with E-state index in [9.17, 15) is 19.5 Å². The Kier molecular flexibility index (Phi) is 7.81. The van der Waals surface area contributed by atoms with E-state index >= 15 is 0 Å². The van der Waals surface area contributed by atoms with Gasteiger partial charge in [0.05, 0.1) is 13.2 Å². The number of fused-ring (bicyclic) bond motifs is 5. The smallest absolute Gasteiger partial charge is 0.305 e. The molecule has 0 radical (unpaired) electrons. The van der Waals surface area contributed by atoms with Gasteiger partial charge in [0.2, 0.25) is 0 Å². The first kappa shape index (κ1) is 27.4. The Bertz CT molecular complexity index is 857. The summed E-state index contributed by atoms with van der Waals surface area (Å²) >= 11 is 0. The summed E-state index contributed by atoms with van der Waals surface area (Å²) in [6.45, 7) is 9.86. The van der Waals surface area contributed by atoms with Crippen LogP contribution in [0.3, 0.4) is 0 Å². The van der Waals surface area contributed by atoms with Gasteiger partial charge in [-0.15, -0.1) is 0 Å². The van der Waals surface area contributed by atoms with Crippen LogP contribution in [0, 0.1) is 46.3 Å². The number of aliphatic hydroxyl groups is 1. The Balaban J connectivity index is 1.71. The zero-order valence-corrected chi connectivity index (χ0v) is 23.0. The first-order valence-electron chi connectivity index (χ1n) is 14.0. The fourth-order valence-corrected chi connectivity index (χ4v) is 9.44. The molecule has 4 saturated carbocycles. The van der Waals surface area contributed by atoms with Gasteiger partial charge in [0.1, 0.15) is 12.2 Å². The van der Waals surface area contributed by atoms with Crippen molar-refractivity contribution in [1.82, 2.24) is 0 Å². The minimum atomic E-state index is -0.303. The third-order valence-corrected chi connectivity index (χ3v) is 11.1. The lowest BCUT2D eigenvalue weighted by Gasteiger charge is -2.64. The van der Waals surface area contributed by atoms with E-state index in [1.165, 1.54) is 21.0 Å². The van der Waals surface area contributed by atoms with Gasteiger partial charge < -0.3 is 19.3 Å². The van der Waals surface area contributed by atoms with E-state index in [4.69, 9.17) is 14.2 Å². The van der Waals surface area contributed by atoms with E-state index in [1.807, 2.05) is 0 Å². The maximum atomic E-state index is 12.4. The van der Waals surface area contributed by atoms with Crippen molar-refractivity contribution in [2.24, 2.45) is 46.3 Å². The standard InChI is InChI=1S/C29H46O7/c1-16(7-10-26(33)34-6)21-8-9-22-27-23(15-25(29(21,22)5)36-18(3)31)28(4)12-11-20(32)13-19(28)14-24(27)35-17(2)30/h16,19-25,27,32H,7-15H2,1-6H3/t16-,19+,20-,21-,22+,23?,24-,25+,27?,28+,29-/m1/s1. The minimum absolute atomic E-state index is 0.0227. The molecule has 2 unspecified atom stereocenters. The van der Waals surface area contributed by atoms with Crippen LogP contribution in [0.1, 0.15) is 92.4 Å². The summed E-state index contributed by atoms with van der Waals surface area (Å²) in [6.07, 6.45) is 6.48. The van der Waals surface area contributed by atoms with Crippen LogP contribution in [-0.2, 0) is 28.6 Å². The molecule has 1 N–H and O–H groups in total. The van der Waals surface area contributed by atoms with E-state index in [-0.39, 0.29) is 76.6 Å². The topological polar surface area (TPSA) is 99.1 Å². The largest absolute Gasteiger partial charge is 0.469 e. The molecular formula is C29H46O7. The molecule has 7 heteroatoms. The van der Waals surface area contributed by atoms with Gasteiger partial charge in [-0.3, -0.25) is 14.4 Å². The number of hydrogen-bond donors (Lipinski definition) is 1. The quantitative estimate of drug-likeness (QED) is 0.412. The molecule has 0 aliphatic heterocycles. The molecule has 204 valence electrons. The number of aliphatic hydroxyl groups excluding tert-OH is 1. The molecule has 7 nitrogen and oxygen atoms in total. The molecule has 4 aliphatic carbocycles. The second kappa shape index (κ2) is 10.3. The van der Waals surface area contributed by atoms with Crippen molar-refractivity contribution in [2.75, 3.05) is 7.11 Å². The number of rotatable bonds is 6. The predicted octanol–water partition coefficient (Wildman–Crippen LogP) is 4.68. The van der Waals surface area contributed by atoms with Crippen molar-refractivity contribution in [3.8, 4) is 0 Å². The molecule has 0 amide bonds. The van der Waals surface area contributed by atoms with Gasteiger partial charge in [-0.2, -0.15) is 0 Å². The van der Waals surface area contributed by atoms with E-state index in [0.717, 1.165) is 51.4 Å². The molecule has 0 bridgehead atoms. The highest BCUT2D eigenvalue weighted by molar-refractivity contribution is 5.69. The van der Waals surface area contributed by atoms with Crippen molar-refractivity contribution >= 4 is 17.9 Å². The maximum Gasteiger partial charge on any atom is 0.305 e. The van der Waals surface area contributed by atoms with Crippen LogP contribution in [0.5, 0.6) is 0 Å². The summed E-state index contributed by atoms with van der Waals surface area (Å²) in [6, 6.07) is 0. The summed E-state index contributed by atoms with van der Waals surface area (Å²) in [5, 5.41) is 10.5. The van der Waals surface area contributed by atoms with Crippen molar-refractivity contribution < 1.29 is 33.7 Å². The molecule has 0 aromatic heterocycles. The Labute approximate surface area is 216 Å². The average Bonchev–Trinajstić information content (AvgIpc) is 3.16. The Morgan fingerprint density at radius 2 is 1.67 bits per heavy atom. The molecule has 4 rings (SSSR count). The molecule has 4 fully saturated rings. The van der Waals surface area contributed by atoms with Gasteiger partial charge in [-0.05, 0) is 86.4 Å². The first-order valence-corrected chi connectivity index (χ1v) is 14.0. The molecule has 4 aliphatic rings. The number of hydrogen-bond acceptors (Lipinski definition) is 7. The van der Waals surface area contributed by atoms with Crippen LogP contribution < -0.4 is 0 Å². The first-order chi connectivity index (χ1) is 16.9. The third-order valence-electron chi connectivity index (χ3n) is 11.1. The van der Waals surface area contributed by atoms with Gasteiger partial charge in [-0.1, -0.05) is 20.8 Å². The van der Waals surface area contributed by atoms with Gasteiger partial charge in [0.15, 0.2) is 0 Å². The summed E-state index contributed by atoms with van der Waals surface area (Å²) in [4.78, 5) is 36.5. The Morgan fingerprint density at radius 3 is 2.31 bits per heavy atom. The molecule has 0 saturated heterocycles. The number of carbonyl (C=O) groups excluding carboxylic acids is 3. The maximum absolute atomic E-state index is 12.4. The summed E-state index contributed by atoms with van der Waals surface area (Å²) in [7, 11) is 1.42. The fraction of sp³-hybridized carbons (Fsp3) is 0.897. The van der Waals surface area contributed by atoms with Gasteiger partial charge in [-0.25, -0.2) is 0 Å². The molecular weight excluding hydrogens is 460 g/mol. The normalized spacial score (nSPS) is 44.4. The van der Waals surface area contributed by atoms with Crippen LogP contribution in [-0.4, -0.2) is 48.4 Å². The lowest BCUT2D eigenvalue weighted by molar-refractivity contribution is -0.223. The zero-order chi connectivity index (χ0) is 26.4. The summed E-state index contributed by atoms with van der Waals surface area (Å²) in [5.74, 6) is 0.905. The van der Waals surface area contributed by atoms with Crippen LogP contribution in [0.15, 0.2) is 0 Å². The van der Waals surface area contributed by atoms with Crippen molar-refractivity contribution in [3.05, 3.63) is 0 Å². The number of esters is 3. The second-order valence-corrected chi connectivity index (χ2v) is 12.8. The molecule has 36 heavy (non-hydrogen) atoms. The van der Waals surface area contributed by atoms with E-state index in [0.29, 0.717) is 12.3 Å². The average molecular weight is 507 g/mol. The minimum Gasteiger partial charge on any atom is -0.469 e. The summed E-state index contributed by atoms with van der Waals surface area (Å²) in [5.41, 5.74) is -0.229. The van der Waals surface area contributed by atoms with Crippen LogP contribution in [0.25, 0.3) is 0 Å². The van der Waals surface area contributed by atoms with Crippen molar-refractivity contribution in [1.29, 1.82) is 0 Å². The van der Waals surface area contributed by atoms with Crippen LogP contribution in [0.2, 0.25) is 0 Å². The third kappa shape index (κ3) is 4.69. The SMILES string of the molecule is COC(=O)CC[C@@H](C)[C@H]1CC[C@H]2C3C(C[C@H](OC(C)=O)[C@]12C)[C@@]1(C)CC[C@@H](O)C[C@H]1C[C@H]3OC(C)=O. The highest BCUT2D eigenvalue weighted by Crippen LogP contribution is 2.69. The van der Waals surface area contributed by atoms with Gasteiger partial charge in [0.25, 0.3) is 0 Å². The zero-order valence-electron chi connectivity index (χ0n) is 23.0. The monoisotopic (exact) mass is 506 g/mol. The predicted molar refractivity (Wildman–Crippen MR) is 134 cm³/mol. The fourth-order valence-electron chi connectivity index (χ4n) is 9.44. The van der Waals surface area contributed by atoms with E-state index in [2.05, 4.69) is 20.8 Å². The van der Waals surface area contributed by atoms with Gasteiger partial charge in [0, 0.05) is 31.6 Å². The van der Waals surface area contributed by atoms with Gasteiger partial charge >= 0.3 is 17.9 Å². The van der Waals surface area contributed by atoms with Crippen molar-refractivity contribution in [2.45, 2.75) is 111 Å². The molecule has 0 aromatic rings. The van der Waals surface area contributed by atoms with Crippen molar-refractivity contribution in [3.63, 3.8) is 0 Å². The van der Waals surface area contributed by atoms with E-state index in [1.54, 1.807) is 0 Å². The highest BCUT2D eigenvalue weighted by Gasteiger charge is 2.67. The second-order valence-electron chi connectivity index (χ2n) is 12.8. The highest BCUT2D eigenvalue weighted by atomic mass is 16.5. The molecule has 0 heterocycles. The lowest BCUT2D eigenvalue weighted by atomic mass is 9.43. The molecule has 11 atom stereocenters. The number of carbonyl (C=O) groups is 3. The van der Waals surface area contributed by atoms with Crippen LogP contribution in [0.4, 0.5) is 0 Å². The Morgan fingerprint density at radius 1 is 0.972 bits per heavy atom. The van der Waals surface area contributed by atoms with Crippen LogP contribution >= 0.6 is 0 Å². The number of ether oxygens (including phenoxy) is 3. The molecule has 0 aromatic carbocycles. The summed E-state index contributed by atoms with van der Waals surface area (Å²) < 4.78 is 17.1. The number of methoxy groups -OCH3 is 1. The lowest BCUT2D eigenvalue weighted by Crippen LogP contribution is -2.63. The van der Waals surface area contributed by atoms with E-state index < -0.39 is 0 Å².